The fourth-order valence-corrected chi connectivity index (χ4v) is 1.92. The highest BCUT2D eigenvalue weighted by molar-refractivity contribution is 7.80. The first-order chi connectivity index (χ1) is 11.4. The average Bonchev–Trinajstić information content (AvgIpc) is 2.55. The van der Waals surface area contributed by atoms with E-state index in [9.17, 15) is 14.4 Å². The van der Waals surface area contributed by atoms with E-state index >= 15 is 0 Å². The molecule has 3 N–H and O–H groups in total. The van der Waals surface area contributed by atoms with Crippen LogP contribution in [0, 0.1) is 0 Å². The zero-order valence-electron chi connectivity index (χ0n) is 13.7. The zero-order valence-corrected chi connectivity index (χ0v) is 14.5. The van der Waals surface area contributed by atoms with Crippen molar-refractivity contribution in [1.82, 2.24) is 5.32 Å². The first-order valence-electron chi connectivity index (χ1n) is 7.61. The molecule has 7 nitrogen and oxygen atoms in total. The van der Waals surface area contributed by atoms with E-state index in [1.165, 1.54) is 0 Å². The van der Waals surface area contributed by atoms with Crippen molar-refractivity contribution >= 4 is 46.5 Å². The molecule has 0 heterocycles. The maximum absolute atomic E-state index is 11.7. The van der Waals surface area contributed by atoms with Gasteiger partial charge in [-0.3, -0.25) is 14.4 Å². The number of esters is 1. The number of benzene rings is 1. The molecule has 130 valence electrons. The second-order valence-electron chi connectivity index (χ2n) is 4.79. The minimum absolute atomic E-state index is 0.00262. The predicted molar refractivity (Wildman–Crippen MR) is 95.6 cm³/mol. The lowest BCUT2D eigenvalue weighted by Gasteiger charge is -2.10. The zero-order chi connectivity index (χ0) is 17.9. The van der Waals surface area contributed by atoms with E-state index < -0.39 is 5.97 Å². The van der Waals surface area contributed by atoms with Gasteiger partial charge in [-0.05, 0) is 43.4 Å². The molecular formula is C16H21N3O4S. The van der Waals surface area contributed by atoms with Gasteiger partial charge in [-0.2, -0.15) is 0 Å². The van der Waals surface area contributed by atoms with Gasteiger partial charge >= 0.3 is 5.97 Å². The Bertz CT molecular complexity index is 602. The van der Waals surface area contributed by atoms with Crippen LogP contribution >= 0.6 is 12.2 Å². The van der Waals surface area contributed by atoms with Crippen LogP contribution < -0.4 is 16.0 Å². The van der Waals surface area contributed by atoms with Crippen molar-refractivity contribution in [3.63, 3.8) is 0 Å². The number of nitrogens with one attached hydrogen (secondary N) is 3. The minimum Gasteiger partial charge on any atom is -0.466 e. The van der Waals surface area contributed by atoms with Crippen molar-refractivity contribution in [3.05, 3.63) is 24.3 Å². The number of ether oxygens (including phenoxy) is 1. The molecule has 0 atom stereocenters. The van der Waals surface area contributed by atoms with Crippen molar-refractivity contribution in [2.75, 3.05) is 17.2 Å². The number of anilines is 2. The fourth-order valence-electron chi connectivity index (χ4n) is 1.69. The summed E-state index contributed by atoms with van der Waals surface area (Å²) in [5.74, 6) is -0.858. The van der Waals surface area contributed by atoms with Crippen molar-refractivity contribution in [2.45, 2.75) is 33.1 Å². The minimum atomic E-state index is -0.420. The molecule has 0 aliphatic rings. The molecule has 0 radical (unpaired) electrons. The van der Waals surface area contributed by atoms with Crippen LogP contribution in [-0.4, -0.2) is 29.5 Å². The first-order valence-corrected chi connectivity index (χ1v) is 8.01. The lowest BCUT2D eigenvalue weighted by molar-refractivity contribution is -0.144. The van der Waals surface area contributed by atoms with Crippen LogP contribution in [0.2, 0.25) is 0 Å². The third-order valence-electron chi connectivity index (χ3n) is 2.86. The van der Waals surface area contributed by atoms with Crippen LogP contribution in [-0.2, 0) is 19.1 Å². The Morgan fingerprint density at radius 3 is 2.08 bits per heavy atom. The van der Waals surface area contributed by atoms with E-state index in [2.05, 4.69) is 16.0 Å². The summed E-state index contributed by atoms with van der Waals surface area (Å²) >= 11 is 5.04. The summed E-state index contributed by atoms with van der Waals surface area (Å²) in [6.45, 7) is 3.76. The summed E-state index contributed by atoms with van der Waals surface area (Å²) in [6.07, 6.45) is 0.415. The van der Waals surface area contributed by atoms with Crippen LogP contribution in [0.5, 0.6) is 0 Å². The van der Waals surface area contributed by atoms with Crippen LogP contribution in [0.1, 0.15) is 33.1 Å². The maximum Gasteiger partial charge on any atom is 0.306 e. The lowest BCUT2D eigenvalue weighted by atomic mass is 10.2. The van der Waals surface area contributed by atoms with E-state index in [4.69, 9.17) is 17.0 Å². The molecule has 24 heavy (non-hydrogen) atoms. The van der Waals surface area contributed by atoms with Gasteiger partial charge in [-0.15, -0.1) is 0 Å². The van der Waals surface area contributed by atoms with Gasteiger partial charge in [0.25, 0.3) is 0 Å². The molecule has 0 bridgehead atoms. The molecule has 0 saturated heterocycles. The first kappa shape index (κ1) is 19.6. The van der Waals surface area contributed by atoms with E-state index in [1.54, 1.807) is 38.1 Å². The Morgan fingerprint density at radius 2 is 1.54 bits per heavy atom. The van der Waals surface area contributed by atoms with Gasteiger partial charge in [-0.25, -0.2) is 0 Å². The number of hydrogen-bond donors (Lipinski definition) is 3. The van der Waals surface area contributed by atoms with E-state index in [-0.39, 0.29) is 36.4 Å². The summed E-state index contributed by atoms with van der Waals surface area (Å²) in [5, 5.41) is 8.20. The number of amides is 2. The maximum atomic E-state index is 11.7. The molecule has 8 heteroatoms. The Kier molecular flexibility index (Phi) is 8.42. The lowest BCUT2D eigenvalue weighted by Crippen LogP contribution is -2.34. The summed E-state index contributed by atoms with van der Waals surface area (Å²) in [4.78, 5) is 34.1. The SMILES string of the molecule is CCOC(=O)CCC(=O)NC(=S)Nc1ccc(NC(=O)CC)cc1. The van der Waals surface area contributed by atoms with Gasteiger partial charge in [0.05, 0.1) is 13.0 Å². The predicted octanol–water partition coefficient (Wildman–Crippen LogP) is 2.19. The van der Waals surface area contributed by atoms with Crippen molar-refractivity contribution in [3.8, 4) is 0 Å². The fraction of sp³-hybridized carbons (Fsp3) is 0.375. The summed E-state index contributed by atoms with van der Waals surface area (Å²) in [7, 11) is 0. The third-order valence-corrected chi connectivity index (χ3v) is 3.07. The van der Waals surface area contributed by atoms with Gasteiger partial charge in [0, 0.05) is 24.2 Å². The quantitative estimate of drug-likeness (QED) is 0.515. The molecule has 0 spiro atoms. The molecule has 1 aromatic carbocycles. The molecule has 0 unspecified atom stereocenters. The van der Waals surface area contributed by atoms with E-state index in [1.807, 2.05) is 0 Å². The van der Waals surface area contributed by atoms with Gasteiger partial charge in [0.15, 0.2) is 5.11 Å². The number of rotatable bonds is 7. The Labute approximate surface area is 146 Å². The standard InChI is InChI=1S/C16H21N3O4S/c1-3-13(20)17-11-5-7-12(8-6-11)18-16(24)19-14(21)9-10-15(22)23-4-2/h5-8H,3-4,9-10H2,1-2H3,(H,17,20)(H2,18,19,21,24). The number of carbonyl (C=O) groups is 3. The third kappa shape index (κ3) is 7.68. The topological polar surface area (TPSA) is 96.5 Å². The molecule has 1 aromatic rings. The Hall–Kier alpha value is -2.48. The molecule has 0 aliphatic heterocycles. The number of carbonyl (C=O) groups excluding carboxylic acids is 3. The number of thiocarbonyl (C=S) groups is 1. The van der Waals surface area contributed by atoms with E-state index in [0.29, 0.717) is 17.8 Å². The Balaban J connectivity index is 2.40. The monoisotopic (exact) mass is 351 g/mol. The van der Waals surface area contributed by atoms with Crippen LogP contribution in [0.4, 0.5) is 11.4 Å². The molecule has 0 saturated carbocycles. The summed E-state index contributed by atoms with van der Waals surface area (Å²) in [5.41, 5.74) is 1.34. The van der Waals surface area contributed by atoms with Gasteiger partial charge in [0.1, 0.15) is 0 Å². The van der Waals surface area contributed by atoms with Gasteiger partial charge < -0.3 is 20.7 Å². The largest absolute Gasteiger partial charge is 0.466 e. The highest BCUT2D eigenvalue weighted by atomic mass is 32.1. The van der Waals surface area contributed by atoms with Crippen LogP contribution in [0.25, 0.3) is 0 Å². The van der Waals surface area contributed by atoms with Crippen molar-refractivity contribution in [2.24, 2.45) is 0 Å². The highest BCUT2D eigenvalue weighted by Gasteiger charge is 2.09. The summed E-state index contributed by atoms with van der Waals surface area (Å²) in [6, 6.07) is 6.90. The smallest absolute Gasteiger partial charge is 0.306 e. The highest BCUT2D eigenvalue weighted by Crippen LogP contribution is 2.13. The van der Waals surface area contributed by atoms with Crippen molar-refractivity contribution < 1.29 is 19.1 Å². The molecule has 0 aliphatic carbocycles. The molecule has 0 fully saturated rings. The van der Waals surface area contributed by atoms with Crippen LogP contribution in [0.3, 0.4) is 0 Å². The van der Waals surface area contributed by atoms with Gasteiger partial charge in [-0.1, -0.05) is 6.92 Å². The molecule has 0 aromatic heterocycles. The van der Waals surface area contributed by atoms with Gasteiger partial charge in [0.2, 0.25) is 11.8 Å². The Morgan fingerprint density at radius 1 is 0.958 bits per heavy atom. The van der Waals surface area contributed by atoms with E-state index in [0.717, 1.165) is 0 Å². The molecule has 1 rings (SSSR count). The average molecular weight is 351 g/mol. The second-order valence-corrected chi connectivity index (χ2v) is 5.19. The number of hydrogen-bond acceptors (Lipinski definition) is 5. The summed E-state index contributed by atoms with van der Waals surface area (Å²) < 4.78 is 4.74. The normalized spacial score (nSPS) is 9.75. The van der Waals surface area contributed by atoms with Crippen molar-refractivity contribution in [1.29, 1.82) is 0 Å². The van der Waals surface area contributed by atoms with Crippen LogP contribution in [0.15, 0.2) is 24.3 Å². The molecule has 2 amide bonds. The molecular weight excluding hydrogens is 330 g/mol. The second kappa shape index (κ2) is 10.3.